The Kier molecular flexibility index (Phi) is 12.2. The monoisotopic (exact) mass is 255 g/mol. The summed E-state index contributed by atoms with van der Waals surface area (Å²) in [5, 5.41) is 15.8. The van der Waals surface area contributed by atoms with Crippen LogP contribution in [0.15, 0.2) is 30.3 Å². The molecular weight excluding hydrogens is 241 g/mol. The van der Waals surface area contributed by atoms with Crippen LogP contribution in [0, 0.1) is 13.8 Å². The third-order valence-corrected chi connectivity index (χ3v) is 1.05. The zero-order valence-corrected chi connectivity index (χ0v) is 10.4. The molecule has 0 aliphatic carbocycles. The Labute approximate surface area is 105 Å². The number of aliphatic hydroxyl groups is 2. The standard InChI is InChI=1S/C7H7.C3H7O2.Y/c1-7-5-3-2-4-6-7;1-3(5)2-4;/h2-6H,1H2;3-5H,1-2H2;/q2*-1;. The van der Waals surface area contributed by atoms with Crippen molar-refractivity contribution >= 4 is 0 Å². The van der Waals surface area contributed by atoms with E-state index in [1.54, 1.807) is 0 Å². The summed E-state index contributed by atoms with van der Waals surface area (Å²) in [5.41, 5.74) is 1.07. The van der Waals surface area contributed by atoms with Crippen molar-refractivity contribution in [2.75, 3.05) is 6.61 Å². The second-order valence-corrected chi connectivity index (χ2v) is 2.32. The molecular formula is C10H14O2Y-2. The molecule has 3 heteroatoms. The van der Waals surface area contributed by atoms with Crippen LogP contribution >= 0.6 is 0 Å². The first-order valence-electron chi connectivity index (χ1n) is 3.66. The average Bonchev–Trinajstić information content (AvgIpc) is 2.07. The molecule has 0 aromatic heterocycles. The zero-order valence-electron chi connectivity index (χ0n) is 7.56. The maximum absolute atomic E-state index is 8.00. The van der Waals surface area contributed by atoms with Gasteiger partial charge >= 0.3 is 0 Å². The molecule has 0 saturated heterocycles. The Hall–Kier alpha value is 0.114. The van der Waals surface area contributed by atoms with E-state index >= 15 is 0 Å². The van der Waals surface area contributed by atoms with Gasteiger partial charge in [-0.05, 0) is 6.10 Å². The summed E-state index contributed by atoms with van der Waals surface area (Å²) < 4.78 is 0. The minimum atomic E-state index is -0.810. The molecule has 1 aromatic carbocycles. The summed E-state index contributed by atoms with van der Waals surface area (Å²) in [7, 11) is 0. The van der Waals surface area contributed by atoms with Crippen molar-refractivity contribution < 1.29 is 42.9 Å². The topological polar surface area (TPSA) is 40.5 Å². The first-order valence-corrected chi connectivity index (χ1v) is 3.66. The quantitative estimate of drug-likeness (QED) is 0.736. The first-order chi connectivity index (χ1) is 5.66. The predicted octanol–water partition coefficient (Wildman–Crippen LogP) is 1.04. The van der Waals surface area contributed by atoms with E-state index in [-0.39, 0.29) is 39.3 Å². The van der Waals surface area contributed by atoms with E-state index < -0.39 is 6.10 Å². The predicted molar refractivity (Wildman–Crippen MR) is 49.4 cm³/mol. The van der Waals surface area contributed by atoms with Gasteiger partial charge in [0.25, 0.3) is 0 Å². The zero-order chi connectivity index (χ0) is 9.40. The summed E-state index contributed by atoms with van der Waals surface area (Å²) in [6.45, 7) is 6.53. The fourth-order valence-electron chi connectivity index (χ4n) is 0.478. The number of hydrogen-bond acceptors (Lipinski definition) is 2. The molecule has 71 valence electrons. The number of aliphatic hydroxyl groups excluding tert-OH is 2. The van der Waals surface area contributed by atoms with Crippen molar-refractivity contribution in [1.29, 1.82) is 0 Å². The van der Waals surface area contributed by atoms with E-state index in [0.717, 1.165) is 5.56 Å². The van der Waals surface area contributed by atoms with Crippen molar-refractivity contribution in [3.05, 3.63) is 49.7 Å². The Bertz CT molecular complexity index is 187. The molecule has 0 amide bonds. The molecule has 0 saturated carbocycles. The number of hydrogen-bond donors (Lipinski definition) is 2. The largest absolute Gasteiger partial charge is 0.423 e. The van der Waals surface area contributed by atoms with Crippen LogP contribution in [0.1, 0.15) is 5.56 Å². The second kappa shape index (κ2) is 10.2. The molecule has 1 rings (SSSR count). The first kappa shape index (κ1) is 15.6. The summed E-state index contributed by atoms with van der Waals surface area (Å²) in [6, 6.07) is 9.87. The minimum Gasteiger partial charge on any atom is -0.423 e. The third kappa shape index (κ3) is 12.1. The van der Waals surface area contributed by atoms with Gasteiger partial charge in [0.1, 0.15) is 0 Å². The Balaban J connectivity index is 0. The van der Waals surface area contributed by atoms with E-state index in [2.05, 4.69) is 13.8 Å². The van der Waals surface area contributed by atoms with Gasteiger partial charge in [0.2, 0.25) is 0 Å². The molecule has 2 nitrogen and oxygen atoms in total. The molecule has 0 bridgehead atoms. The molecule has 1 radical (unpaired) electrons. The molecule has 1 atom stereocenters. The maximum Gasteiger partial charge on any atom is 0.0408 e. The minimum absolute atomic E-state index is 0. The molecule has 1 aromatic rings. The maximum atomic E-state index is 8.00. The Morgan fingerprint density at radius 3 is 1.77 bits per heavy atom. The van der Waals surface area contributed by atoms with Crippen LogP contribution < -0.4 is 0 Å². The summed E-state index contributed by atoms with van der Waals surface area (Å²) in [5.74, 6) is 0. The van der Waals surface area contributed by atoms with Crippen LogP contribution in [0.3, 0.4) is 0 Å². The SMILES string of the molecule is [CH2-]C(O)CO.[CH2-]c1ccccc1.[Y]. The molecule has 1 unspecified atom stereocenters. The molecule has 13 heavy (non-hydrogen) atoms. The van der Waals surface area contributed by atoms with Gasteiger partial charge in [0, 0.05) is 39.3 Å². The van der Waals surface area contributed by atoms with Gasteiger partial charge in [-0.25, -0.2) is 0 Å². The van der Waals surface area contributed by atoms with Crippen LogP contribution in [0.25, 0.3) is 0 Å². The molecule has 0 aliphatic heterocycles. The van der Waals surface area contributed by atoms with Crippen LogP contribution in [0.2, 0.25) is 0 Å². The van der Waals surface area contributed by atoms with Crippen LogP contribution in [-0.2, 0) is 32.7 Å². The van der Waals surface area contributed by atoms with E-state index in [0.29, 0.717) is 0 Å². The third-order valence-electron chi connectivity index (χ3n) is 1.05. The van der Waals surface area contributed by atoms with Crippen LogP contribution in [0.4, 0.5) is 0 Å². The van der Waals surface area contributed by atoms with E-state index in [1.807, 2.05) is 30.3 Å². The van der Waals surface area contributed by atoms with Crippen molar-refractivity contribution in [1.82, 2.24) is 0 Å². The normalized spacial score (nSPS) is 10.4. The summed E-state index contributed by atoms with van der Waals surface area (Å²) in [4.78, 5) is 0. The number of benzene rings is 1. The molecule has 0 aliphatic rings. The fourth-order valence-corrected chi connectivity index (χ4v) is 0.478. The van der Waals surface area contributed by atoms with Crippen LogP contribution in [-0.4, -0.2) is 22.9 Å². The van der Waals surface area contributed by atoms with E-state index in [1.165, 1.54) is 0 Å². The van der Waals surface area contributed by atoms with Gasteiger partial charge in [0.05, 0.1) is 0 Å². The van der Waals surface area contributed by atoms with Crippen molar-refractivity contribution in [3.8, 4) is 0 Å². The molecule has 0 heterocycles. The van der Waals surface area contributed by atoms with Crippen molar-refractivity contribution in [3.63, 3.8) is 0 Å². The molecule has 0 fully saturated rings. The Morgan fingerprint density at radius 2 is 1.62 bits per heavy atom. The van der Waals surface area contributed by atoms with Crippen LogP contribution in [0.5, 0.6) is 0 Å². The van der Waals surface area contributed by atoms with Crippen molar-refractivity contribution in [2.45, 2.75) is 6.10 Å². The second-order valence-electron chi connectivity index (χ2n) is 2.32. The van der Waals surface area contributed by atoms with Gasteiger partial charge < -0.3 is 17.1 Å². The number of rotatable bonds is 1. The van der Waals surface area contributed by atoms with Crippen molar-refractivity contribution in [2.24, 2.45) is 0 Å². The average molecular weight is 255 g/mol. The fraction of sp³-hybridized carbons (Fsp3) is 0.200. The smallest absolute Gasteiger partial charge is 0.0408 e. The van der Waals surface area contributed by atoms with Gasteiger partial charge in [-0.3, -0.25) is 0 Å². The molecule has 0 spiro atoms. The van der Waals surface area contributed by atoms with E-state index in [4.69, 9.17) is 10.2 Å². The van der Waals surface area contributed by atoms with Gasteiger partial charge in [-0.15, -0.1) is 12.1 Å². The van der Waals surface area contributed by atoms with Gasteiger partial charge in [-0.2, -0.15) is 24.6 Å². The summed E-state index contributed by atoms with van der Waals surface area (Å²) >= 11 is 0. The Morgan fingerprint density at radius 1 is 1.23 bits per heavy atom. The summed E-state index contributed by atoms with van der Waals surface area (Å²) in [6.07, 6.45) is -0.810. The van der Waals surface area contributed by atoms with E-state index in [9.17, 15) is 0 Å². The van der Waals surface area contributed by atoms with Gasteiger partial charge in [-0.1, -0.05) is 6.07 Å². The molecule has 2 N–H and O–H groups in total. The van der Waals surface area contributed by atoms with Gasteiger partial charge in [0.15, 0.2) is 0 Å².